The minimum absolute atomic E-state index is 0.192. The summed E-state index contributed by atoms with van der Waals surface area (Å²) in [6, 6.07) is 25.6. The highest BCUT2D eigenvalue weighted by molar-refractivity contribution is 6.51. The van der Waals surface area contributed by atoms with Crippen molar-refractivity contribution < 1.29 is 14.9 Å². The maximum absolute atomic E-state index is 10.6. The lowest BCUT2D eigenvalue weighted by molar-refractivity contribution is 0.340. The molecule has 0 radical (unpaired) electrons. The van der Waals surface area contributed by atoms with Crippen molar-refractivity contribution in [1.29, 1.82) is 0 Å². The van der Waals surface area contributed by atoms with Gasteiger partial charge in [0.25, 0.3) is 0 Å². The predicted molar refractivity (Wildman–Crippen MR) is 162 cm³/mol. The number of fused-ring (bicyclic) bond motifs is 4. The Hall–Kier alpha value is -5.64. The first-order valence-electron chi connectivity index (χ1n) is 13.6. The zero-order chi connectivity index (χ0) is 28.8. The van der Waals surface area contributed by atoms with Crippen LogP contribution in [0.25, 0.3) is 5.82 Å². The van der Waals surface area contributed by atoms with Gasteiger partial charge in [0.05, 0.1) is 29.7 Å². The van der Waals surface area contributed by atoms with Gasteiger partial charge in [0.15, 0.2) is 34.8 Å². The van der Waals surface area contributed by atoms with Gasteiger partial charge in [-0.15, -0.1) is 0 Å². The molecule has 3 aromatic carbocycles. The summed E-state index contributed by atoms with van der Waals surface area (Å²) in [7, 11) is 0. The average Bonchev–Trinajstić information content (AvgIpc) is 3.35. The second-order valence-electron chi connectivity index (χ2n) is 9.91. The van der Waals surface area contributed by atoms with E-state index in [9.17, 15) is 10.2 Å². The monoisotopic (exact) mass is 557 g/mol. The minimum atomic E-state index is -0.453. The van der Waals surface area contributed by atoms with E-state index in [1.165, 1.54) is 6.07 Å². The molecule has 0 fully saturated rings. The van der Waals surface area contributed by atoms with E-state index in [0.29, 0.717) is 29.9 Å². The van der Waals surface area contributed by atoms with Gasteiger partial charge in [-0.1, -0.05) is 24.3 Å². The molecule has 1 atom stereocenters. The molecule has 3 N–H and O–H groups in total. The Morgan fingerprint density at radius 1 is 0.905 bits per heavy atom. The Balaban J connectivity index is 1.46. The fourth-order valence-electron chi connectivity index (χ4n) is 5.40. The van der Waals surface area contributed by atoms with Crippen LogP contribution >= 0.6 is 0 Å². The number of aliphatic imine (C=N–C) groups is 2. The van der Waals surface area contributed by atoms with E-state index in [2.05, 4.69) is 15.2 Å². The molecule has 0 amide bonds. The third kappa shape index (κ3) is 4.21. The van der Waals surface area contributed by atoms with Crippen LogP contribution in [0.2, 0.25) is 0 Å². The van der Waals surface area contributed by atoms with Gasteiger partial charge in [-0.05, 0) is 80.1 Å². The molecule has 2 aliphatic rings. The quantitative estimate of drug-likeness (QED) is 0.221. The zero-order valence-electron chi connectivity index (χ0n) is 22.9. The number of ether oxygens (including phenoxy) is 1. The first-order chi connectivity index (χ1) is 20.5. The topological polar surface area (TPSA) is 120 Å². The number of aromatic hydroxyl groups is 2. The normalized spacial score (nSPS) is 15.2. The van der Waals surface area contributed by atoms with E-state index in [1.54, 1.807) is 23.0 Å². The molecular formula is C32H27N7O3. The van der Waals surface area contributed by atoms with Crippen molar-refractivity contribution in [3.8, 4) is 23.1 Å². The lowest BCUT2D eigenvalue weighted by Gasteiger charge is -2.40. The predicted octanol–water partition coefficient (Wildman–Crippen LogP) is 6.18. The van der Waals surface area contributed by atoms with Crippen LogP contribution in [0.3, 0.4) is 0 Å². The molecule has 42 heavy (non-hydrogen) atoms. The minimum Gasteiger partial charge on any atom is -0.504 e. The number of anilines is 2. The van der Waals surface area contributed by atoms with Crippen molar-refractivity contribution >= 4 is 34.6 Å². The van der Waals surface area contributed by atoms with E-state index in [4.69, 9.17) is 19.8 Å². The number of rotatable bonds is 5. The van der Waals surface area contributed by atoms with E-state index < -0.39 is 6.04 Å². The maximum Gasteiger partial charge on any atom is 0.179 e. The van der Waals surface area contributed by atoms with Gasteiger partial charge in [0, 0.05) is 17.4 Å². The molecule has 0 saturated heterocycles. The van der Waals surface area contributed by atoms with Crippen LogP contribution in [0.5, 0.6) is 17.2 Å². The third-order valence-electron chi connectivity index (χ3n) is 7.25. The number of phenolic OH excluding ortho intramolecular Hbond substituents is 2. The van der Waals surface area contributed by atoms with Gasteiger partial charge in [-0.3, -0.25) is 0 Å². The first kappa shape index (κ1) is 25.3. The molecule has 4 heterocycles. The fourth-order valence-corrected chi connectivity index (χ4v) is 5.40. The number of aromatic nitrogens is 3. The van der Waals surface area contributed by atoms with Crippen LogP contribution in [0.1, 0.15) is 29.8 Å². The summed E-state index contributed by atoms with van der Waals surface area (Å²) in [6.07, 6.45) is 1.72. The van der Waals surface area contributed by atoms with Crippen molar-refractivity contribution in [2.75, 3.05) is 16.8 Å². The SMILES string of the molecule is CCOc1ccc(NC2=Nc3ccccc3N3C2=Nc2c(c(C)nn2-c2ccccn2)[C@H]3c2ccc(O)c(O)c2)cc1. The highest BCUT2D eigenvalue weighted by Gasteiger charge is 2.41. The highest BCUT2D eigenvalue weighted by Crippen LogP contribution is 2.49. The number of nitrogens with one attached hydrogen (secondary N) is 1. The Kier molecular flexibility index (Phi) is 6.08. The lowest BCUT2D eigenvalue weighted by Crippen LogP contribution is -2.46. The number of hydrogen-bond acceptors (Lipinski definition) is 9. The Morgan fingerprint density at radius 3 is 2.48 bits per heavy atom. The van der Waals surface area contributed by atoms with Gasteiger partial charge in [0.2, 0.25) is 0 Å². The molecule has 0 saturated carbocycles. The van der Waals surface area contributed by atoms with Gasteiger partial charge in [0.1, 0.15) is 5.75 Å². The van der Waals surface area contributed by atoms with E-state index in [0.717, 1.165) is 39.6 Å². The average molecular weight is 558 g/mol. The number of phenols is 2. The number of benzene rings is 3. The summed E-state index contributed by atoms with van der Waals surface area (Å²) in [4.78, 5) is 16.8. The summed E-state index contributed by atoms with van der Waals surface area (Å²) < 4.78 is 7.35. The van der Waals surface area contributed by atoms with Crippen LogP contribution < -0.4 is 15.0 Å². The third-order valence-corrected chi connectivity index (χ3v) is 7.25. The summed E-state index contributed by atoms with van der Waals surface area (Å²) in [5.74, 6) is 2.73. The molecule has 2 aromatic heterocycles. The largest absolute Gasteiger partial charge is 0.504 e. The molecule has 2 aliphatic heterocycles. The van der Waals surface area contributed by atoms with Crippen LogP contribution in [0.15, 0.2) is 101 Å². The first-order valence-corrected chi connectivity index (χ1v) is 13.6. The summed E-state index contributed by atoms with van der Waals surface area (Å²) in [5, 5.41) is 29.0. The Labute approximate surface area is 241 Å². The Morgan fingerprint density at radius 2 is 1.71 bits per heavy atom. The summed E-state index contributed by atoms with van der Waals surface area (Å²) >= 11 is 0. The maximum atomic E-state index is 10.6. The van der Waals surface area contributed by atoms with Crippen molar-refractivity contribution in [2.24, 2.45) is 9.98 Å². The number of para-hydroxylation sites is 2. The van der Waals surface area contributed by atoms with Gasteiger partial charge in [-0.2, -0.15) is 9.78 Å². The van der Waals surface area contributed by atoms with Gasteiger partial charge < -0.3 is 25.2 Å². The lowest BCUT2D eigenvalue weighted by atomic mass is 9.93. The standard InChI is InChI=1S/C32H27N7O3/c1-3-42-22-14-12-21(13-15-22)34-30-32-36-31-28(19(2)37-39(31)27-10-6-7-17-33-27)29(20-11-16-25(40)26(41)18-20)38(32)24-9-5-4-8-23(24)35-30/h4-18,29,40-41H,3H2,1-2H3,(H,34,35)/t29-/m1/s1. The van der Waals surface area contributed by atoms with Crippen molar-refractivity contribution in [3.63, 3.8) is 0 Å². The van der Waals surface area contributed by atoms with E-state index in [-0.39, 0.29) is 11.5 Å². The number of pyridine rings is 1. The van der Waals surface area contributed by atoms with E-state index >= 15 is 0 Å². The molecule has 0 bridgehead atoms. The number of nitrogens with zero attached hydrogens (tertiary/aromatic N) is 6. The molecule has 10 heteroatoms. The van der Waals surface area contributed by atoms with Crippen molar-refractivity contribution in [3.05, 3.63) is 108 Å². The second kappa shape index (κ2) is 10.1. The molecule has 0 unspecified atom stereocenters. The van der Waals surface area contributed by atoms with Crippen molar-refractivity contribution in [1.82, 2.24) is 14.8 Å². The molecule has 0 spiro atoms. The van der Waals surface area contributed by atoms with Crippen LogP contribution in [0, 0.1) is 6.92 Å². The molecule has 208 valence electrons. The molecule has 0 aliphatic carbocycles. The molecule has 7 rings (SSSR count). The number of amidine groups is 2. The molecular weight excluding hydrogens is 530 g/mol. The summed E-state index contributed by atoms with van der Waals surface area (Å²) in [5.41, 5.74) is 4.79. The van der Waals surface area contributed by atoms with Crippen LogP contribution in [0.4, 0.5) is 22.9 Å². The van der Waals surface area contributed by atoms with Crippen molar-refractivity contribution in [2.45, 2.75) is 19.9 Å². The smallest absolute Gasteiger partial charge is 0.179 e. The summed E-state index contributed by atoms with van der Waals surface area (Å²) in [6.45, 7) is 4.48. The highest BCUT2D eigenvalue weighted by atomic mass is 16.5. The van der Waals surface area contributed by atoms with Gasteiger partial charge in [-0.25, -0.2) is 15.0 Å². The van der Waals surface area contributed by atoms with Crippen LogP contribution in [-0.4, -0.2) is 43.3 Å². The number of hydrogen-bond donors (Lipinski definition) is 3. The van der Waals surface area contributed by atoms with Gasteiger partial charge >= 0.3 is 0 Å². The number of aryl methyl sites for hydroxylation is 1. The second-order valence-corrected chi connectivity index (χ2v) is 9.91. The fraction of sp³-hybridized carbons (Fsp3) is 0.125. The molecule has 5 aromatic rings. The molecule has 10 nitrogen and oxygen atoms in total. The van der Waals surface area contributed by atoms with E-state index in [1.807, 2.05) is 80.6 Å². The van der Waals surface area contributed by atoms with Crippen LogP contribution in [-0.2, 0) is 0 Å². The zero-order valence-corrected chi connectivity index (χ0v) is 22.9. The Bertz CT molecular complexity index is 1860.